The second-order valence-corrected chi connectivity index (χ2v) is 16.2. The zero-order valence-corrected chi connectivity index (χ0v) is 30.8. The fourth-order valence-electron chi connectivity index (χ4n) is 9.47. The molecule has 2 aliphatic carbocycles. The van der Waals surface area contributed by atoms with Gasteiger partial charge in [0.05, 0.1) is 38.7 Å². The lowest BCUT2D eigenvalue weighted by Gasteiger charge is -2.49. The van der Waals surface area contributed by atoms with Gasteiger partial charge >= 0.3 is 0 Å². The van der Waals surface area contributed by atoms with E-state index in [1.165, 1.54) is 41.3 Å². The number of anilines is 2. The number of aromatic hydroxyl groups is 1. The molecule has 1 saturated carbocycles. The van der Waals surface area contributed by atoms with E-state index in [2.05, 4.69) is 0 Å². The number of aromatic nitrogens is 2. The first-order valence-electron chi connectivity index (χ1n) is 17.5. The third kappa shape index (κ3) is 4.70. The Morgan fingerprint density at radius 2 is 1.67 bits per heavy atom. The lowest BCUT2D eigenvalue weighted by atomic mass is 9.51. The number of imide groups is 2. The molecule has 9 rings (SSSR count). The molecule has 0 bridgehead atoms. The summed E-state index contributed by atoms with van der Waals surface area (Å²) in [6, 6.07) is 19.3. The average Bonchev–Trinajstić information content (AvgIpc) is 3.82. The van der Waals surface area contributed by atoms with E-state index in [9.17, 15) is 34.4 Å². The van der Waals surface area contributed by atoms with Gasteiger partial charge in [-0.2, -0.15) is 5.10 Å². The highest BCUT2D eigenvalue weighted by molar-refractivity contribution is 7.22. The highest BCUT2D eigenvalue weighted by Gasteiger charge is 2.68. The normalized spacial score (nSPS) is 26.3. The molecule has 4 heterocycles. The molecule has 3 fully saturated rings. The van der Waals surface area contributed by atoms with Crippen LogP contribution in [0.25, 0.3) is 20.7 Å². The minimum atomic E-state index is -1.28. The quantitative estimate of drug-likeness (QED) is 0.0846. The van der Waals surface area contributed by atoms with Crippen LogP contribution in [0.3, 0.4) is 0 Å². The first-order valence-corrected chi connectivity index (χ1v) is 18.7. The van der Waals surface area contributed by atoms with Crippen molar-refractivity contribution in [1.29, 1.82) is 0 Å². The highest BCUT2D eigenvalue weighted by atomic mass is 35.5. The number of phenolic OH excluding ortho intramolecular Hbond substituents is 1. The van der Waals surface area contributed by atoms with Crippen molar-refractivity contribution in [3.8, 4) is 16.3 Å². The summed E-state index contributed by atoms with van der Waals surface area (Å²) in [5.41, 5.74) is 1.90. The number of nitro groups is 1. The number of benzene rings is 3. The standard InChI is InChI=1S/C40H32ClN5O7S/c1-19-27-16-21(41)6-15-31(27)54-35(19)30-18-32(43(3)42-30)45-37(49)29-17-28-25(34(40(29,2)39(45)51)20-4-11-24(47)12-5-20)13-14-26-33(28)38(50)44(36(26)48)22-7-9-23(10-8-22)46(52)53/h4-13,15-16,18,26,28-29,33-34,47H,14,17H2,1-3H3/t26-,28+,29-,33-,34-,40+/m0/s1. The maximum absolute atomic E-state index is 15.0. The Bertz CT molecular complexity index is 2530. The zero-order valence-electron chi connectivity index (χ0n) is 29.2. The largest absolute Gasteiger partial charge is 0.508 e. The number of phenols is 1. The first kappa shape index (κ1) is 34.1. The molecule has 5 aromatic rings. The number of nitro benzene ring substituents is 1. The summed E-state index contributed by atoms with van der Waals surface area (Å²) in [7, 11) is 1.70. The van der Waals surface area contributed by atoms with Gasteiger partial charge in [0.2, 0.25) is 23.6 Å². The molecule has 4 amide bonds. The van der Waals surface area contributed by atoms with E-state index in [0.29, 0.717) is 22.1 Å². The number of carbonyl (C=O) groups excluding carboxylic acids is 4. The maximum Gasteiger partial charge on any atom is 0.269 e. The molecule has 0 spiro atoms. The average molecular weight is 762 g/mol. The monoisotopic (exact) mass is 761 g/mol. The summed E-state index contributed by atoms with van der Waals surface area (Å²) in [6.45, 7) is 3.80. The number of allylic oxidation sites excluding steroid dienone is 2. The molecule has 3 aromatic carbocycles. The number of amides is 4. The topological polar surface area (TPSA) is 156 Å². The zero-order chi connectivity index (χ0) is 38.0. The molecule has 4 aliphatic rings. The summed E-state index contributed by atoms with van der Waals surface area (Å²) >= 11 is 7.85. The number of carbonyl (C=O) groups is 4. The van der Waals surface area contributed by atoms with E-state index < -0.39 is 63.6 Å². The molecule has 2 aliphatic heterocycles. The predicted molar refractivity (Wildman–Crippen MR) is 202 cm³/mol. The third-order valence-corrected chi connectivity index (χ3v) is 13.6. The van der Waals surface area contributed by atoms with Gasteiger partial charge < -0.3 is 5.11 Å². The highest BCUT2D eigenvalue weighted by Crippen LogP contribution is 2.64. The molecule has 2 saturated heterocycles. The number of aryl methyl sites for hydroxylation is 2. The van der Waals surface area contributed by atoms with E-state index in [4.69, 9.17) is 16.7 Å². The van der Waals surface area contributed by atoms with E-state index in [0.717, 1.165) is 31.0 Å². The van der Waals surface area contributed by atoms with Gasteiger partial charge in [-0.05, 0) is 91.6 Å². The number of thiophene rings is 1. The van der Waals surface area contributed by atoms with Crippen LogP contribution in [-0.4, -0.2) is 43.4 Å². The Kier molecular flexibility index (Phi) is 7.54. The summed E-state index contributed by atoms with van der Waals surface area (Å²) in [5.74, 6) is -4.84. The van der Waals surface area contributed by atoms with Crippen LogP contribution in [0.4, 0.5) is 17.2 Å². The van der Waals surface area contributed by atoms with Crippen LogP contribution in [-0.2, 0) is 26.2 Å². The first-order chi connectivity index (χ1) is 25.8. The molecule has 54 heavy (non-hydrogen) atoms. The van der Waals surface area contributed by atoms with Crippen LogP contribution in [0.15, 0.2) is 84.4 Å². The molecule has 12 nitrogen and oxygen atoms in total. The minimum Gasteiger partial charge on any atom is -0.508 e. The van der Waals surface area contributed by atoms with Crippen LogP contribution in [0.5, 0.6) is 5.75 Å². The minimum absolute atomic E-state index is 0.0393. The van der Waals surface area contributed by atoms with Gasteiger partial charge in [-0.1, -0.05) is 35.4 Å². The molecule has 272 valence electrons. The number of rotatable bonds is 5. The second-order valence-electron chi connectivity index (χ2n) is 14.7. The molecule has 6 atom stereocenters. The number of hydrogen-bond donors (Lipinski definition) is 1. The number of nitrogens with zero attached hydrogens (tertiary/aromatic N) is 5. The van der Waals surface area contributed by atoms with Gasteiger partial charge in [0, 0.05) is 40.9 Å². The Balaban J connectivity index is 1.13. The van der Waals surface area contributed by atoms with Crippen LogP contribution in [0.1, 0.15) is 36.8 Å². The summed E-state index contributed by atoms with van der Waals surface area (Å²) < 4.78 is 2.57. The van der Waals surface area contributed by atoms with Crippen LogP contribution in [0, 0.1) is 46.1 Å². The van der Waals surface area contributed by atoms with Crippen molar-refractivity contribution in [2.45, 2.75) is 32.6 Å². The van der Waals surface area contributed by atoms with Crippen molar-refractivity contribution < 1.29 is 29.2 Å². The van der Waals surface area contributed by atoms with Crippen molar-refractivity contribution >= 4 is 73.8 Å². The van der Waals surface area contributed by atoms with Gasteiger partial charge in [-0.3, -0.25) is 38.9 Å². The van der Waals surface area contributed by atoms with Crippen molar-refractivity contribution in [1.82, 2.24) is 9.78 Å². The number of halogens is 1. The lowest BCUT2D eigenvalue weighted by Crippen LogP contribution is -2.48. The van der Waals surface area contributed by atoms with E-state index >= 15 is 0 Å². The van der Waals surface area contributed by atoms with Crippen molar-refractivity contribution in [3.05, 3.63) is 111 Å². The maximum atomic E-state index is 15.0. The SMILES string of the molecule is Cc1c(-c2cc(N3C(=O)[C@@H]4C[C@@H]5C(=CC[C@@H]6C(=O)N(c7ccc([N+](=O)[O-])cc7)C(=O)[C@@H]65)[C@H](c5ccc(O)cc5)[C@]4(C)C3=O)n(C)n2)sc2ccc(Cl)cc12. The second kappa shape index (κ2) is 11.9. The van der Waals surface area contributed by atoms with E-state index in [1.54, 1.807) is 48.2 Å². The van der Waals surface area contributed by atoms with E-state index in [1.807, 2.05) is 31.2 Å². The number of non-ortho nitro benzene ring substituents is 1. The molecule has 0 unspecified atom stereocenters. The van der Waals surface area contributed by atoms with Gasteiger partial charge in [0.1, 0.15) is 17.3 Å². The number of fused-ring (bicyclic) bond motifs is 5. The number of hydrogen-bond acceptors (Lipinski definition) is 9. The smallest absolute Gasteiger partial charge is 0.269 e. The van der Waals surface area contributed by atoms with Gasteiger partial charge in [0.15, 0.2) is 0 Å². The van der Waals surface area contributed by atoms with Crippen LogP contribution < -0.4 is 9.80 Å². The molecular weight excluding hydrogens is 730 g/mol. The summed E-state index contributed by atoms with van der Waals surface area (Å²) in [5, 5.41) is 27.9. The Morgan fingerprint density at radius 1 is 0.944 bits per heavy atom. The Hall–Kier alpha value is -5.66. The van der Waals surface area contributed by atoms with Crippen molar-refractivity contribution in [3.63, 3.8) is 0 Å². The summed E-state index contributed by atoms with van der Waals surface area (Å²) in [4.78, 5) is 72.0. The fraction of sp³-hybridized carbons (Fsp3) is 0.275. The third-order valence-electron chi connectivity index (χ3n) is 12.0. The lowest BCUT2D eigenvalue weighted by molar-refractivity contribution is -0.384. The molecule has 14 heteroatoms. The summed E-state index contributed by atoms with van der Waals surface area (Å²) in [6.07, 6.45) is 2.36. The Morgan fingerprint density at radius 3 is 2.37 bits per heavy atom. The van der Waals surface area contributed by atoms with E-state index in [-0.39, 0.29) is 30.0 Å². The molecular formula is C40H32ClN5O7S. The molecule has 0 radical (unpaired) electrons. The fourth-order valence-corrected chi connectivity index (χ4v) is 10.8. The van der Waals surface area contributed by atoms with Crippen molar-refractivity contribution in [2.24, 2.45) is 36.1 Å². The molecule has 1 N–H and O–H groups in total. The Labute approximate surface area is 317 Å². The van der Waals surface area contributed by atoms with Crippen LogP contribution in [0.2, 0.25) is 5.02 Å². The van der Waals surface area contributed by atoms with Crippen LogP contribution >= 0.6 is 22.9 Å². The van der Waals surface area contributed by atoms with Crippen molar-refractivity contribution in [2.75, 3.05) is 9.80 Å². The predicted octanol–water partition coefficient (Wildman–Crippen LogP) is 7.31. The van der Waals surface area contributed by atoms with Gasteiger partial charge in [-0.15, -0.1) is 11.3 Å². The van der Waals surface area contributed by atoms with Gasteiger partial charge in [-0.25, -0.2) is 4.90 Å². The molecule has 2 aromatic heterocycles. The van der Waals surface area contributed by atoms with Gasteiger partial charge in [0.25, 0.3) is 5.69 Å².